The number of nitrogens with zero attached hydrogens (tertiary/aromatic N) is 4. The number of aliphatic hydroxyl groups excluding tert-OH is 1. The monoisotopic (exact) mass is 268 g/mol. The lowest BCUT2D eigenvalue weighted by Gasteiger charge is -2.31. The Morgan fingerprint density at radius 1 is 1.58 bits per heavy atom. The van der Waals surface area contributed by atoms with Crippen molar-refractivity contribution in [1.82, 2.24) is 9.78 Å². The van der Waals surface area contributed by atoms with E-state index in [0.717, 1.165) is 25.8 Å². The summed E-state index contributed by atoms with van der Waals surface area (Å²) in [7, 11) is 0. The van der Waals surface area contributed by atoms with Crippen molar-refractivity contribution in [3.63, 3.8) is 0 Å². The van der Waals surface area contributed by atoms with Crippen LogP contribution in [0.1, 0.15) is 31.9 Å². The Kier molecular flexibility index (Phi) is 4.04. The van der Waals surface area contributed by atoms with Gasteiger partial charge in [-0.3, -0.25) is 10.1 Å². The number of aryl methyl sites for hydroxylation is 2. The van der Waals surface area contributed by atoms with Gasteiger partial charge in [0.05, 0.1) is 11.0 Å². The average molecular weight is 268 g/mol. The first-order valence-corrected chi connectivity index (χ1v) is 6.69. The van der Waals surface area contributed by atoms with Crippen LogP contribution in [-0.2, 0) is 6.54 Å². The molecule has 0 saturated carbocycles. The number of β-amino-alcohol motifs (C(OH)–C–C–N with tert-alkyl or cyclic N) is 1. The standard InChI is InChI=1S/C12H20N4O3/c1-3-6-15-12(11(16(18)19)9(2)13-15)14-7-4-5-10(17)8-14/h10,17H,3-8H2,1-2H3. The van der Waals surface area contributed by atoms with Gasteiger partial charge < -0.3 is 10.0 Å². The molecule has 7 heteroatoms. The molecule has 1 N–H and O–H groups in total. The van der Waals surface area contributed by atoms with Crippen molar-refractivity contribution in [3.05, 3.63) is 15.8 Å². The van der Waals surface area contributed by atoms with Gasteiger partial charge in [-0.2, -0.15) is 5.10 Å². The maximum absolute atomic E-state index is 11.2. The summed E-state index contributed by atoms with van der Waals surface area (Å²) in [6, 6.07) is 0. The van der Waals surface area contributed by atoms with E-state index in [1.807, 2.05) is 11.8 Å². The molecular formula is C12H20N4O3. The second-order valence-corrected chi connectivity index (χ2v) is 4.98. The van der Waals surface area contributed by atoms with Gasteiger partial charge in [-0.15, -0.1) is 0 Å². The lowest BCUT2D eigenvalue weighted by atomic mass is 10.1. The van der Waals surface area contributed by atoms with Crippen LogP contribution in [-0.4, -0.2) is 39.0 Å². The van der Waals surface area contributed by atoms with Gasteiger partial charge in [-0.05, 0) is 26.2 Å². The van der Waals surface area contributed by atoms with Crippen molar-refractivity contribution in [3.8, 4) is 0 Å². The number of aliphatic hydroxyl groups is 1. The largest absolute Gasteiger partial charge is 0.391 e. The number of hydrogen-bond acceptors (Lipinski definition) is 5. The molecule has 0 amide bonds. The van der Waals surface area contributed by atoms with Crippen molar-refractivity contribution < 1.29 is 10.0 Å². The van der Waals surface area contributed by atoms with Crippen molar-refractivity contribution in [2.24, 2.45) is 0 Å². The fourth-order valence-electron chi connectivity index (χ4n) is 2.60. The number of hydrogen-bond donors (Lipinski definition) is 1. The Balaban J connectivity index is 2.42. The minimum absolute atomic E-state index is 0.0718. The van der Waals surface area contributed by atoms with Crippen LogP contribution in [0.25, 0.3) is 0 Å². The van der Waals surface area contributed by atoms with Crippen LogP contribution in [0.5, 0.6) is 0 Å². The third-order valence-corrected chi connectivity index (χ3v) is 3.38. The number of aromatic nitrogens is 2. The molecule has 0 radical (unpaired) electrons. The molecule has 1 aromatic rings. The van der Waals surface area contributed by atoms with Crippen LogP contribution in [0.2, 0.25) is 0 Å². The number of nitro groups is 1. The summed E-state index contributed by atoms with van der Waals surface area (Å²) in [5.41, 5.74) is 0.510. The number of anilines is 1. The van der Waals surface area contributed by atoms with Crippen LogP contribution in [0.4, 0.5) is 11.5 Å². The highest BCUT2D eigenvalue weighted by molar-refractivity contribution is 5.61. The van der Waals surface area contributed by atoms with Crippen LogP contribution in [0, 0.1) is 17.0 Å². The molecule has 1 unspecified atom stereocenters. The van der Waals surface area contributed by atoms with Gasteiger partial charge in [-0.25, -0.2) is 4.68 Å². The SMILES string of the molecule is CCCn1nc(C)c([N+](=O)[O-])c1N1CCCC(O)C1. The molecule has 1 fully saturated rings. The summed E-state index contributed by atoms with van der Waals surface area (Å²) in [4.78, 5) is 12.8. The van der Waals surface area contributed by atoms with Gasteiger partial charge >= 0.3 is 5.69 Å². The maximum Gasteiger partial charge on any atom is 0.333 e. The molecule has 1 aromatic heterocycles. The summed E-state index contributed by atoms with van der Waals surface area (Å²) in [6.07, 6.45) is 2.04. The molecule has 2 rings (SSSR count). The van der Waals surface area contributed by atoms with Gasteiger partial charge in [-0.1, -0.05) is 6.92 Å². The Labute approximate surface area is 112 Å². The van der Waals surface area contributed by atoms with E-state index in [2.05, 4.69) is 5.10 Å². The Morgan fingerprint density at radius 2 is 2.32 bits per heavy atom. The third-order valence-electron chi connectivity index (χ3n) is 3.38. The van der Waals surface area contributed by atoms with Gasteiger partial charge in [0, 0.05) is 19.6 Å². The summed E-state index contributed by atoms with van der Waals surface area (Å²) in [5.74, 6) is 0.545. The number of piperidine rings is 1. The highest BCUT2D eigenvalue weighted by Gasteiger charge is 2.31. The van der Waals surface area contributed by atoms with E-state index < -0.39 is 6.10 Å². The topological polar surface area (TPSA) is 84.4 Å². The first-order valence-electron chi connectivity index (χ1n) is 6.69. The van der Waals surface area contributed by atoms with Gasteiger partial charge in [0.15, 0.2) is 0 Å². The van der Waals surface area contributed by atoms with E-state index in [4.69, 9.17) is 0 Å². The van der Waals surface area contributed by atoms with Crippen molar-refractivity contribution >= 4 is 11.5 Å². The maximum atomic E-state index is 11.2. The minimum atomic E-state index is -0.418. The van der Waals surface area contributed by atoms with Crippen LogP contribution in [0.15, 0.2) is 0 Å². The second kappa shape index (κ2) is 5.56. The van der Waals surface area contributed by atoms with Crippen LogP contribution < -0.4 is 4.90 Å². The summed E-state index contributed by atoms with van der Waals surface area (Å²) >= 11 is 0. The molecule has 1 aliphatic heterocycles. The molecule has 1 aliphatic rings. The molecule has 1 atom stereocenters. The lowest BCUT2D eigenvalue weighted by Crippen LogP contribution is -2.39. The van der Waals surface area contributed by atoms with E-state index >= 15 is 0 Å². The molecule has 1 saturated heterocycles. The molecule has 106 valence electrons. The minimum Gasteiger partial charge on any atom is -0.391 e. The first-order chi connectivity index (χ1) is 9.04. The molecule has 0 aliphatic carbocycles. The Hall–Kier alpha value is -1.63. The highest BCUT2D eigenvalue weighted by atomic mass is 16.6. The van der Waals surface area contributed by atoms with Crippen molar-refractivity contribution in [2.75, 3.05) is 18.0 Å². The second-order valence-electron chi connectivity index (χ2n) is 4.98. The zero-order valence-corrected chi connectivity index (χ0v) is 11.4. The van der Waals surface area contributed by atoms with Gasteiger partial charge in [0.1, 0.15) is 5.69 Å². The Bertz CT molecular complexity index is 472. The Morgan fingerprint density at radius 3 is 2.89 bits per heavy atom. The number of rotatable bonds is 4. The molecular weight excluding hydrogens is 248 g/mol. The van der Waals surface area contributed by atoms with E-state index in [-0.39, 0.29) is 10.6 Å². The third kappa shape index (κ3) is 2.70. The highest BCUT2D eigenvalue weighted by Crippen LogP contribution is 2.33. The predicted octanol–water partition coefficient (Wildman–Crippen LogP) is 1.47. The molecule has 0 bridgehead atoms. The summed E-state index contributed by atoms with van der Waals surface area (Å²) < 4.78 is 1.70. The van der Waals surface area contributed by atoms with E-state index in [9.17, 15) is 15.2 Å². The molecule has 0 aromatic carbocycles. The molecule has 2 heterocycles. The van der Waals surface area contributed by atoms with E-state index in [1.54, 1.807) is 11.6 Å². The van der Waals surface area contributed by atoms with E-state index in [0.29, 0.717) is 24.6 Å². The zero-order valence-electron chi connectivity index (χ0n) is 11.4. The fraction of sp³-hybridized carbons (Fsp3) is 0.750. The lowest BCUT2D eigenvalue weighted by molar-refractivity contribution is -0.384. The average Bonchev–Trinajstić information content (AvgIpc) is 2.66. The summed E-state index contributed by atoms with van der Waals surface area (Å²) in [5, 5.41) is 25.3. The normalized spacial score (nSPS) is 19.7. The first kappa shape index (κ1) is 13.8. The summed E-state index contributed by atoms with van der Waals surface area (Å²) in [6.45, 7) is 5.49. The quantitative estimate of drug-likeness (QED) is 0.660. The van der Waals surface area contributed by atoms with Gasteiger partial charge in [0.25, 0.3) is 0 Å². The predicted molar refractivity (Wildman–Crippen MR) is 71.4 cm³/mol. The van der Waals surface area contributed by atoms with Crippen molar-refractivity contribution in [2.45, 2.75) is 45.8 Å². The van der Waals surface area contributed by atoms with E-state index in [1.165, 1.54) is 0 Å². The van der Waals surface area contributed by atoms with Crippen LogP contribution >= 0.6 is 0 Å². The van der Waals surface area contributed by atoms with Crippen molar-refractivity contribution in [1.29, 1.82) is 0 Å². The van der Waals surface area contributed by atoms with Gasteiger partial charge in [0.2, 0.25) is 5.82 Å². The smallest absolute Gasteiger partial charge is 0.333 e. The molecule has 7 nitrogen and oxygen atoms in total. The molecule has 0 spiro atoms. The van der Waals surface area contributed by atoms with Crippen LogP contribution in [0.3, 0.4) is 0 Å². The zero-order chi connectivity index (χ0) is 14.0. The fourth-order valence-corrected chi connectivity index (χ4v) is 2.60. The molecule has 19 heavy (non-hydrogen) atoms.